The third-order valence-electron chi connectivity index (χ3n) is 4.65. The lowest BCUT2D eigenvalue weighted by molar-refractivity contribution is 0.0711. The zero-order valence-corrected chi connectivity index (χ0v) is 15.3. The van der Waals surface area contributed by atoms with Gasteiger partial charge in [-0.05, 0) is 63.8 Å². The molecule has 0 unspecified atom stereocenters. The highest BCUT2D eigenvalue weighted by molar-refractivity contribution is 5.94. The molecule has 2 aromatic rings. The van der Waals surface area contributed by atoms with Gasteiger partial charge in [-0.2, -0.15) is 5.10 Å². The Kier molecular flexibility index (Phi) is 4.95. The first-order chi connectivity index (χ1) is 11.8. The normalized spacial score (nSPS) is 15.0. The Balaban J connectivity index is 1.68. The third-order valence-corrected chi connectivity index (χ3v) is 4.65. The summed E-state index contributed by atoms with van der Waals surface area (Å²) in [5.41, 5.74) is 3.30. The van der Waals surface area contributed by atoms with Gasteiger partial charge in [-0.1, -0.05) is 12.1 Å². The van der Waals surface area contributed by atoms with Crippen molar-refractivity contribution in [2.75, 3.05) is 6.54 Å². The molecule has 25 heavy (non-hydrogen) atoms. The molecule has 1 aromatic heterocycles. The van der Waals surface area contributed by atoms with E-state index in [0.29, 0.717) is 13.0 Å². The molecule has 5 nitrogen and oxygen atoms in total. The fourth-order valence-corrected chi connectivity index (χ4v) is 3.23. The molecule has 1 amide bonds. The molecular formula is C20H27N3O2. The second kappa shape index (κ2) is 7.00. The second-order valence-electron chi connectivity index (χ2n) is 7.59. The van der Waals surface area contributed by atoms with Gasteiger partial charge in [-0.15, -0.1) is 0 Å². The average molecular weight is 341 g/mol. The van der Waals surface area contributed by atoms with Gasteiger partial charge in [0, 0.05) is 18.7 Å². The molecule has 0 fully saturated rings. The molecule has 0 spiro atoms. The van der Waals surface area contributed by atoms with Crippen molar-refractivity contribution in [1.82, 2.24) is 14.7 Å². The van der Waals surface area contributed by atoms with Gasteiger partial charge in [0.1, 0.15) is 0 Å². The molecule has 0 bridgehead atoms. The summed E-state index contributed by atoms with van der Waals surface area (Å²) in [7, 11) is 0. The largest absolute Gasteiger partial charge is 0.390 e. The molecule has 1 aliphatic heterocycles. The summed E-state index contributed by atoms with van der Waals surface area (Å²) < 4.78 is 2.02. The van der Waals surface area contributed by atoms with Crippen LogP contribution in [-0.2, 0) is 19.5 Å². The molecule has 0 saturated heterocycles. The van der Waals surface area contributed by atoms with E-state index in [9.17, 15) is 9.90 Å². The predicted octanol–water partition coefficient (Wildman–Crippen LogP) is 2.94. The number of aryl methyl sites for hydroxylation is 3. The van der Waals surface area contributed by atoms with E-state index in [1.165, 1.54) is 0 Å². The molecule has 1 aromatic carbocycles. The second-order valence-corrected chi connectivity index (χ2v) is 7.59. The Hall–Kier alpha value is -2.14. The van der Waals surface area contributed by atoms with Crippen LogP contribution in [0.25, 0.3) is 0 Å². The number of hydrogen-bond acceptors (Lipinski definition) is 3. The summed E-state index contributed by atoms with van der Waals surface area (Å²) in [6.07, 6.45) is 2.43. The zero-order valence-electron chi connectivity index (χ0n) is 15.3. The van der Waals surface area contributed by atoms with E-state index in [0.717, 1.165) is 48.4 Å². The standard InChI is InChI=1S/C20H27N3O2/c1-15-13-18-14-22(11-4-12-23(18)21-15)19(24)17-7-5-16(6-8-17)9-10-20(2,3)25/h5-8,13,25H,4,9-12,14H2,1-3H3. The SMILES string of the molecule is Cc1cc2n(n1)CCCN(C(=O)c1ccc(CCC(C)(C)O)cc1)C2. The van der Waals surface area contributed by atoms with Crippen LogP contribution in [0.1, 0.15) is 54.0 Å². The van der Waals surface area contributed by atoms with Crippen molar-refractivity contribution in [2.24, 2.45) is 0 Å². The van der Waals surface area contributed by atoms with Gasteiger partial charge in [0.05, 0.1) is 23.5 Å². The van der Waals surface area contributed by atoms with E-state index in [1.807, 2.05) is 54.6 Å². The van der Waals surface area contributed by atoms with E-state index >= 15 is 0 Å². The number of benzene rings is 1. The van der Waals surface area contributed by atoms with Gasteiger partial charge >= 0.3 is 0 Å². The van der Waals surface area contributed by atoms with Crippen LogP contribution in [0.15, 0.2) is 30.3 Å². The Bertz CT molecular complexity index is 741. The van der Waals surface area contributed by atoms with Crippen LogP contribution in [0.2, 0.25) is 0 Å². The van der Waals surface area contributed by atoms with Crippen molar-refractivity contribution in [3.05, 3.63) is 52.8 Å². The molecule has 0 saturated carbocycles. The van der Waals surface area contributed by atoms with E-state index in [1.54, 1.807) is 0 Å². The van der Waals surface area contributed by atoms with Crippen LogP contribution in [0, 0.1) is 6.92 Å². The van der Waals surface area contributed by atoms with Gasteiger partial charge in [0.15, 0.2) is 0 Å². The Morgan fingerprint density at radius 3 is 2.64 bits per heavy atom. The smallest absolute Gasteiger partial charge is 0.254 e. The number of aliphatic hydroxyl groups is 1. The van der Waals surface area contributed by atoms with Crippen LogP contribution >= 0.6 is 0 Å². The zero-order chi connectivity index (χ0) is 18.0. The number of rotatable bonds is 4. The highest BCUT2D eigenvalue weighted by atomic mass is 16.3. The van der Waals surface area contributed by atoms with Crippen molar-refractivity contribution in [3.8, 4) is 0 Å². The summed E-state index contributed by atoms with van der Waals surface area (Å²) in [6.45, 7) is 7.85. The number of aromatic nitrogens is 2. The van der Waals surface area contributed by atoms with Crippen molar-refractivity contribution in [1.29, 1.82) is 0 Å². The molecule has 5 heteroatoms. The summed E-state index contributed by atoms with van der Waals surface area (Å²) in [5.74, 6) is 0.0707. The minimum atomic E-state index is -0.665. The quantitative estimate of drug-likeness (QED) is 0.930. The maximum Gasteiger partial charge on any atom is 0.254 e. The highest BCUT2D eigenvalue weighted by Gasteiger charge is 2.21. The Labute approximate surface area is 149 Å². The van der Waals surface area contributed by atoms with Crippen LogP contribution in [-0.4, -0.2) is 37.8 Å². The van der Waals surface area contributed by atoms with Crippen LogP contribution in [0.3, 0.4) is 0 Å². The van der Waals surface area contributed by atoms with E-state index in [2.05, 4.69) is 11.2 Å². The van der Waals surface area contributed by atoms with Gasteiger partial charge in [0.2, 0.25) is 0 Å². The average Bonchev–Trinajstić information content (AvgIpc) is 2.79. The molecule has 1 N–H and O–H groups in total. The third kappa shape index (κ3) is 4.48. The number of hydrogen-bond donors (Lipinski definition) is 1. The van der Waals surface area contributed by atoms with Crippen LogP contribution in [0.5, 0.6) is 0 Å². The molecule has 0 atom stereocenters. The topological polar surface area (TPSA) is 58.4 Å². The molecule has 134 valence electrons. The monoisotopic (exact) mass is 341 g/mol. The summed E-state index contributed by atoms with van der Waals surface area (Å²) >= 11 is 0. The van der Waals surface area contributed by atoms with Crippen molar-refractivity contribution < 1.29 is 9.90 Å². The van der Waals surface area contributed by atoms with Gasteiger partial charge in [-0.3, -0.25) is 9.48 Å². The molecule has 3 rings (SSSR count). The first kappa shape index (κ1) is 17.7. The lowest BCUT2D eigenvalue weighted by atomic mass is 9.98. The number of fused-ring (bicyclic) bond motifs is 1. The van der Waals surface area contributed by atoms with E-state index < -0.39 is 5.60 Å². The fraction of sp³-hybridized carbons (Fsp3) is 0.500. The summed E-state index contributed by atoms with van der Waals surface area (Å²) in [6, 6.07) is 9.84. The van der Waals surface area contributed by atoms with Crippen molar-refractivity contribution in [2.45, 2.75) is 58.7 Å². The molecule has 2 heterocycles. The minimum absolute atomic E-state index is 0.0707. The Morgan fingerprint density at radius 2 is 1.96 bits per heavy atom. The lowest BCUT2D eigenvalue weighted by Gasteiger charge is -2.20. The first-order valence-electron chi connectivity index (χ1n) is 8.96. The molecule has 0 radical (unpaired) electrons. The lowest BCUT2D eigenvalue weighted by Crippen LogP contribution is -2.30. The molecule has 0 aliphatic carbocycles. The number of amides is 1. The van der Waals surface area contributed by atoms with Crippen molar-refractivity contribution >= 4 is 5.91 Å². The highest BCUT2D eigenvalue weighted by Crippen LogP contribution is 2.18. The fourth-order valence-electron chi connectivity index (χ4n) is 3.23. The maximum absolute atomic E-state index is 12.9. The summed E-state index contributed by atoms with van der Waals surface area (Å²) in [4.78, 5) is 14.8. The Morgan fingerprint density at radius 1 is 1.24 bits per heavy atom. The van der Waals surface area contributed by atoms with Gasteiger partial charge in [0.25, 0.3) is 5.91 Å². The molecular weight excluding hydrogens is 314 g/mol. The number of carbonyl (C=O) groups excluding carboxylic acids is 1. The predicted molar refractivity (Wildman–Crippen MR) is 97.4 cm³/mol. The van der Waals surface area contributed by atoms with Crippen LogP contribution < -0.4 is 0 Å². The van der Waals surface area contributed by atoms with Crippen LogP contribution in [0.4, 0.5) is 0 Å². The number of carbonyl (C=O) groups is 1. The maximum atomic E-state index is 12.9. The van der Waals surface area contributed by atoms with E-state index in [-0.39, 0.29) is 5.91 Å². The van der Waals surface area contributed by atoms with Gasteiger partial charge < -0.3 is 10.0 Å². The first-order valence-corrected chi connectivity index (χ1v) is 8.96. The van der Waals surface area contributed by atoms with Crippen molar-refractivity contribution in [3.63, 3.8) is 0 Å². The van der Waals surface area contributed by atoms with Gasteiger partial charge in [-0.25, -0.2) is 0 Å². The summed E-state index contributed by atoms with van der Waals surface area (Å²) in [5, 5.41) is 14.3. The minimum Gasteiger partial charge on any atom is -0.390 e. The molecule has 1 aliphatic rings. The number of nitrogens with zero attached hydrogens (tertiary/aromatic N) is 3. The van der Waals surface area contributed by atoms with E-state index in [4.69, 9.17) is 0 Å².